The van der Waals surface area contributed by atoms with E-state index in [-0.39, 0.29) is 57.2 Å². The zero-order valence-electron chi connectivity index (χ0n) is 29.6. The number of hydrogen-bond donors (Lipinski definition) is 6. The monoisotopic (exact) mass is 734 g/mol. The lowest BCUT2D eigenvalue weighted by atomic mass is 9.79. The first-order chi connectivity index (χ1) is 25.9. The van der Waals surface area contributed by atoms with Crippen LogP contribution in [0.25, 0.3) is 12.2 Å². The van der Waals surface area contributed by atoms with Gasteiger partial charge in [0.2, 0.25) is 6.29 Å². The van der Waals surface area contributed by atoms with Crippen molar-refractivity contribution >= 4 is 29.7 Å². The lowest BCUT2D eigenvalue weighted by Gasteiger charge is -2.42. The zero-order valence-corrected chi connectivity index (χ0v) is 29.6. The topological polar surface area (TPSA) is 212 Å². The number of aliphatic hydroxyl groups is 3. The smallest absolute Gasteiger partial charge is 0.308 e. The Kier molecular flexibility index (Phi) is 10.5. The second-order valence-corrected chi connectivity index (χ2v) is 14.1. The molecular formula is C42H42N2O10. The fourth-order valence-electron chi connectivity index (χ4n) is 7.71. The molecule has 12 nitrogen and oxygen atoms in total. The Morgan fingerprint density at radius 1 is 0.852 bits per heavy atom. The highest BCUT2D eigenvalue weighted by Crippen LogP contribution is 2.45. The molecule has 4 aromatic rings. The van der Waals surface area contributed by atoms with E-state index in [2.05, 4.69) is 0 Å². The number of aromatic hydroxyl groups is 1. The summed E-state index contributed by atoms with van der Waals surface area (Å²) in [6.45, 7) is 1.22. The number of ketones is 2. The van der Waals surface area contributed by atoms with E-state index in [1.807, 2.05) is 30.3 Å². The summed E-state index contributed by atoms with van der Waals surface area (Å²) < 4.78 is 17.9. The molecule has 5 atom stereocenters. The van der Waals surface area contributed by atoms with Gasteiger partial charge in [-0.1, -0.05) is 73.5 Å². The molecule has 2 aliphatic carbocycles. The maximum atomic E-state index is 14.6. The van der Waals surface area contributed by atoms with Gasteiger partial charge in [-0.2, -0.15) is 0 Å². The Morgan fingerprint density at radius 3 is 2.28 bits per heavy atom. The van der Waals surface area contributed by atoms with Crippen LogP contribution in [-0.4, -0.2) is 68.7 Å². The van der Waals surface area contributed by atoms with E-state index >= 15 is 0 Å². The van der Waals surface area contributed by atoms with Gasteiger partial charge in [0.1, 0.15) is 35.6 Å². The molecule has 1 saturated carbocycles. The van der Waals surface area contributed by atoms with Gasteiger partial charge in [0, 0.05) is 41.2 Å². The number of nitrogens with two attached hydrogens (primary N) is 2. The number of fused-ring (bicyclic) bond motifs is 2. The molecule has 8 N–H and O–H groups in total. The van der Waals surface area contributed by atoms with Gasteiger partial charge in [-0.3, -0.25) is 14.4 Å². The third kappa shape index (κ3) is 7.07. The molecule has 4 aromatic carbocycles. The largest absolute Gasteiger partial charge is 0.507 e. The number of carbonyl (C=O) groups is 3. The number of ether oxygens (including phenoxy) is 3. The summed E-state index contributed by atoms with van der Waals surface area (Å²) in [4.78, 5) is 41.1. The molecule has 0 unspecified atom stereocenters. The average Bonchev–Trinajstić information content (AvgIpc) is 3.70. The number of esters is 1. The van der Waals surface area contributed by atoms with Crippen molar-refractivity contribution in [3.8, 4) is 17.2 Å². The highest BCUT2D eigenvalue weighted by Gasteiger charge is 2.48. The molecular weight excluding hydrogens is 692 g/mol. The third-order valence-electron chi connectivity index (χ3n) is 10.4. The number of rotatable bonds is 9. The zero-order chi connectivity index (χ0) is 38.3. The fraction of sp³-hybridized carbons (Fsp3) is 0.310. The van der Waals surface area contributed by atoms with E-state index in [1.165, 1.54) is 25.1 Å². The quantitative estimate of drug-likeness (QED) is 0.0546. The van der Waals surface area contributed by atoms with Crippen molar-refractivity contribution in [2.24, 2.45) is 17.4 Å². The summed E-state index contributed by atoms with van der Waals surface area (Å²) in [5.74, 6) is -2.61. The van der Waals surface area contributed by atoms with Gasteiger partial charge in [-0.05, 0) is 59.7 Å². The Balaban J connectivity index is 1.36. The lowest BCUT2D eigenvalue weighted by molar-refractivity contribution is -0.282. The van der Waals surface area contributed by atoms with Crippen LogP contribution >= 0.6 is 0 Å². The van der Waals surface area contributed by atoms with E-state index in [1.54, 1.807) is 36.4 Å². The van der Waals surface area contributed by atoms with Crippen molar-refractivity contribution in [3.63, 3.8) is 0 Å². The van der Waals surface area contributed by atoms with Crippen molar-refractivity contribution in [3.05, 3.63) is 123 Å². The summed E-state index contributed by atoms with van der Waals surface area (Å²) in [5.41, 5.74) is 13.7. The molecule has 1 saturated heterocycles. The van der Waals surface area contributed by atoms with Crippen molar-refractivity contribution in [2.45, 2.75) is 75.9 Å². The third-order valence-corrected chi connectivity index (χ3v) is 10.4. The van der Waals surface area contributed by atoms with E-state index < -0.39 is 60.2 Å². The maximum absolute atomic E-state index is 14.6. The van der Waals surface area contributed by atoms with Crippen LogP contribution in [0.5, 0.6) is 17.2 Å². The molecule has 0 aromatic heterocycles. The van der Waals surface area contributed by atoms with Crippen molar-refractivity contribution < 1.29 is 49.0 Å². The van der Waals surface area contributed by atoms with Crippen LogP contribution < -0.4 is 20.9 Å². The highest BCUT2D eigenvalue weighted by atomic mass is 16.7. The summed E-state index contributed by atoms with van der Waals surface area (Å²) in [7, 11) is 0. The molecule has 0 bridgehead atoms. The molecule has 2 fully saturated rings. The van der Waals surface area contributed by atoms with Crippen LogP contribution in [0.1, 0.15) is 98.4 Å². The summed E-state index contributed by atoms with van der Waals surface area (Å²) in [5, 5.41) is 44.9. The molecule has 12 heteroatoms. The number of benzene rings is 4. The Labute approximate surface area is 311 Å². The van der Waals surface area contributed by atoms with Crippen molar-refractivity contribution in [1.82, 2.24) is 0 Å². The predicted octanol–water partition coefficient (Wildman–Crippen LogP) is 4.15. The number of aliphatic hydroxyl groups excluding tert-OH is 3. The number of phenolic OH excluding ortho intramolecular Hbond substituents is 1. The molecule has 0 radical (unpaired) electrons. The van der Waals surface area contributed by atoms with E-state index in [0.717, 1.165) is 31.2 Å². The second kappa shape index (κ2) is 15.3. The molecule has 7 rings (SSSR count). The minimum Gasteiger partial charge on any atom is -0.507 e. The molecule has 280 valence electrons. The minimum absolute atomic E-state index is 0.00955. The average molecular weight is 735 g/mol. The lowest BCUT2D eigenvalue weighted by Crippen LogP contribution is -2.60. The van der Waals surface area contributed by atoms with Crippen LogP contribution in [0.4, 0.5) is 0 Å². The van der Waals surface area contributed by atoms with Gasteiger partial charge in [0.25, 0.3) is 0 Å². The Bertz CT molecular complexity index is 2130. The number of phenols is 1. The Hall–Kier alpha value is -5.21. The van der Waals surface area contributed by atoms with E-state index in [4.69, 9.17) is 25.7 Å². The van der Waals surface area contributed by atoms with Crippen LogP contribution in [0.3, 0.4) is 0 Å². The maximum Gasteiger partial charge on any atom is 0.308 e. The van der Waals surface area contributed by atoms with Crippen LogP contribution in [0, 0.1) is 5.92 Å². The molecule has 3 aliphatic rings. The van der Waals surface area contributed by atoms with Gasteiger partial charge < -0.3 is 46.1 Å². The van der Waals surface area contributed by atoms with Crippen LogP contribution in [0.2, 0.25) is 0 Å². The van der Waals surface area contributed by atoms with Gasteiger partial charge in [0.15, 0.2) is 11.6 Å². The normalized spacial score (nSPS) is 22.8. The predicted molar refractivity (Wildman–Crippen MR) is 198 cm³/mol. The minimum atomic E-state index is -1.71. The molecule has 0 amide bonds. The van der Waals surface area contributed by atoms with Crippen LogP contribution in [-0.2, 0) is 16.0 Å². The highest BCUT2D eigenvalue weighted by molar-refractivity contribution is 6.31. The van der Waals surface area contributed by atoms with Crippen LogP contribution in [0.15, 0.2) is 72.8 Å². The van der Waals surface area contributed by atoms with Crippen molar-refractivity contribution in [2.75, 3.05) is 0 Å². The van der Waals surface area contributed by atoms with Crippen molar-refractivity contribution in [1.29, 1.82) is 0 Å². The molecule has 1 aliphatic heterocycles. The Morgan fingerprint density at radius 2 is 1.57 bits per heavy atom. The first-order valence-corrected chi connectivity index (χ1v) is 18.0. The van der Waals surface area contributed by atoms with E-state index in [9.17, 15) is 34.8 Å². The first kappa shape index (κ1) is 37.1. The van der Waals surface area contributed by atoms with Gasteiger partial charge in [0.05, 0.1) is 17.8 Å². The van der Waals surface area contributed by atoms with E-state index in [0.29, 0.717) is 11.1 Å². The molecule has 0 spiro atoms. The van der Waals surface area contributed by atoms with Gasteiger partial charge in [-0.25, -0.2) is 0 Å². The molecule has 1 heterocycles. The van der Waals surface area contributed by atoms with Gasteiger partial charge >= 0.3 is 5.97 Å². The summed E-state index contributed by atoms with van der Waals surface area (Å²) in [6.07, 6.45) is -1.19. The number of carbonyl (C=O) groups excluding carboxylic acids is 3. The second-order valence-electron chi connectivity index (χ2n) is 14.1. The van der Waals surface area contributed by atoms with Gasteiger partial charge in [-0.15, -0.1) is 0 Å². The summed E-state index contributed by atoms with van der Waals surface area (Å²) in [6, 6.07) is 20.3. The SMILES string of the molecule is CC(=O)Oc1ccc2c(c1/C=C\c1ccccc1)C(=O)c1cc(O[C@H]3O[C@@H](C4CCCC4)[C@@H](O)[C@@H](O)[C@H]3O)c(Cc3cccc(C(N)N)c3)c(O)c1C2=O. The summed E-state index contributed by atoms with van der Waals surface area (Å²) >= 11 is 0. The molecule has 54 heavy (non-hydrogen) atoms. The standard InChI is InChI=1S/C42H42N2O10/c1-21(45)52-30-17-16-27-32(26(30)15-14-22-8-3-2-4-9-22)36(48)29-20-31(53-42-39(51)37(49)38(50)40(54-42)24-11-5-6-12-24)28(35(47)33(29)34(27)46)19-23-10-7-13-25(18-23)41(43)44/h2-4,7-10,13-18,20,24,37-42,47,49-51H,5-6,11-12,19,43-44H2,1H3/b15-14-/t37-,38+,39-,40+,42+/m1/s1. The fourth-order valence-corrected chi connectivity index (χ4v) is 7.71. The number of hydrogen-bond acceptors (Lipinski definition) is 12. The first-order valence-electron chi connectivity index (χ1n) is 18.0.